The van der Waals surface area contributed by atoms with Crippen molar-refractivity contribution in [2.45, 2.75) is 0 Å². The summed E-state index contributed by atoms with van der Waals surface area (Å²) in [6.45, 7) is 0. The molecule has 0 aliphatic heterocycles. The molecule has 2 aromatic rings. The molecule has 2 rings (SSSR count). The molecule has 0 aromatic heterocycles. The van der Waals surface area contributed by atoms with Gasteiger partial charge in [0.15, 0.2) is 5.11 Å². The van der Waals surface area contributed by atoms with Gasteiger partial charge in [-0.3, -0.25) is 10.1 Å². The van der Waals surface area contributed by atoms with Gasteiger partial charge in [-0.15, -0.1) is 0 Å². The lowest BCUT2D eigenvalue weighted by atomic mass is 10.2. The lowest BCUT2D eigenvalue weighted by Crippen LogP contribution is -2.34. The number of carbonyl (C=O) groups excluding carboxylic acids is 1. The Morgan fingerprint density at radius 1 is 0.917 bits per heavy atom. The topological polar surface area (TPSA) is 68.8 Å². The first kappa shape index (κ1) is 17.6. The highest BCUT2D eigenvalue weighted by atomic mass is 32.1. The lowest BCUT2D eigenvalue weighted by Gasteiger charge is -2.13. The van der Waals surface area contributed by atoms with E-state index < -0.39 is 0 Å². The van der Waals surface area contributed by atoms with Crippen LogP contribution in [0.2, 0.25) is 0 Å². The van der Waals surface area contributed by atoms with Gasteiger partial charge in [-0.1, -0.05) is 0 Å². The van der Waals surface area contributed by atoms with Crippen molar-refractivity contribution in [1.29, 1.82) is 0 Å². The Morgan fingerprint density at radius 3 is 2.12 bits per heavy atom. The van der Waals surface area contributed by atoms with E-state index in [9.17, 15) is 4.79 Å². The van der Waals surface area contributed by atoms with E-state index in [1.54, 1.807) is 63.8 Å². The SMILES string of the molecule is COc1ccc(C(=O)NC(=S)Nc2ccc(OC)cc2OC)cc1. The number of methoxy groups -OCH3 is 3. The molecule has 0 unspecified atom stereocenters. The predicted molar refractivity (Wildman–Crippen MR) is 96.2 cm³/mol. The molecular weight excluding hydrogens is 328 g/mol. The molecule has 0 saturated heterocycles. The molecule has 6 nitrogen and oxygen atoms in total. The lowest BCUT2D eigenvalue weighted by molar-refractivity contribution is 0.0977. The molecule has 7 heteroatoms. The molecule has 2 aromatic carbocycles. The van der Waals surface area contributed by atoms with Gasteiger partial charge >= 0.3 is 0 Å². The Kier molecular flexibility index (Phi) is 5.97. The highest BCUT2D eigenvalue weighted by Crippen LogP contribution is 2.28. The molecule has 2 N–H and O–H groups in total. The van der Waals surface area contributed by atoms with Crippen molar-refractivity contribution < 1.29 is 19.0 Å². The number of carbonyl (C=O) groups is 1. The highest BCUT2D eigenvalue weighted by molar-refractivity contribution is 7.80. The summed E-state index contributed by atoms with van der Waals surface area (Å²) < 4.78 is 15.5. The van der Waals surface area contributed by atoms with E-state index in [0.29, 0.717) is 28.5 Å². The predicted octanol–water partition coefficient (Wildman–Crippen LogP) is 2.84. The molecule has 0 saturated carbocycles. The fourth-order valence-electron chi connectivity index (χ4n) is 1.97. The van der Waals surface area contributed by atoms with Crippen LogP contribution in [0.15, 0.2) is 42.5 Å². The maximum absolute atomic E-state index is 12.2. The Bertz CT molecular complexity index is 732. The van der Waals surface area contributed by atoms with Crippen LogP contribution in [-0.4, -0.2) is 32.3 Å². The van der Waals surface area contributed by atoms with E-state index in [1.165, 1.54) is 0 Å². The van der Waals surface area contributed by atoms with Crippen LogP contribution >= 0.6 is 12.2 Å². The van der Waals surface area contributed by atoms with Crippen LogP contribution in [0.3, 0.4) is 0 Å². The van der Waals surface area contributed by atoms with Gasteiger partial charge < -0.3 is 19.5 Å². The highest BCUT2D eigenvalue weighted by Gasteiger charge is 2.11. The summed E-state index contributed by atoms with van der Waals surface area (Å²) in [5.74, 6) is 1.57. The van der Waals surface area contributed by atoms with E-state index in [-0.39, 0.29) is 11.0 Å². The molecule has 1 amide bonds. The van der Waals surface area contributed by atoms with Gasteiger partial charge in [-0.05, 0) is 48.6 Å². The third kappa shape index (κ3) is 4.36. The van der Waals surface area contributed by atoms with E-state index in [2.05, 4.69) is 10.6 Å². The Labute approximate surface area is 145 Å². The van der Waals surface area contributed by atoms with E-state index in [0.717, 1.165) is 0 Å². The second-order valence-corrected chi connectivity index (χ2v) is 5.11. The summed E-state index contributed by atoms with van der Waals surface area (Å²) in [7, 11) is 4.68. The van der Waals surface area contributed by atoms with Crippen LogP contribution in [0.25, 0.3) is 0 Å². The van der Waals surface area contributed by atoms with Crippen molar-refractivity contribution in [2.24, 2.45) is 0 Å². The Hall–Kier alpha value is -2.80. The van der Waals surface area contributed by atoms with Crippen molar-refractivity contribution in [2.75, 3.05) is 26.6 Å². The second kappa shape index (κ2) is 8.16. The van der Waals surface area contributed by atoms with E-state index in [4.69, 9.17) is 26.4 Å². The molecule has 0 spiro atoms. The number of rotatable bonds is 5. The van der Waals surface area contributed by atoms with E-state index in [1.807, 2.05) is 0 Å². The fraction of sp³-hybridized carbons (Fsp3) is 0.176. The molecule has 0 fully saturated rings. The molecule has 0 radical (unpaired) electrons. The minimum Gasteiger partial charge on any atom is -0.497 e. The standard InChI is InChI=1S/C17H18N2O4S/c1-21-12-6-4-11(5-7-12)16(20)19-17(24)18-14-9-8-13(22-2)10-15(14)23-3/h4-10H,1-3H3,(H2,18,19,20,24). The molecular formula is C17H18N2O4S. The first-order valence-electron chi connectivity index (χ1n) is 7.05. The number of hydrogen-bond donors (Lipinski definition) is 2. The van der Waals surface area contributed by atoms with Crippen molar-refractivity contribution in [1.82, 2.24) is 5.32 Å². The summed E-state index contributed by atoms with van der Waals surface area (Å²) in [6.07, 6.45) is 0. The third-order valence-corrected chi connectivity index (χ3v) is 3.44. The summed E-state index contributed by atoms with van der Waals surface area (Å²) >= 11 is 5.18. The van der Waals surface area contributed by atoms with Gasteiger partial charge in [-0.2, -0.15) is 0 Å². The minimum atomic E-state index is -0.317. The summed E-state index contributed by atoms with van der Waals surface area (Å²) in [4.78, 5) is 12.2. The minimum absolute atomic E-state index is 0.166. The average molecular weight is 346 g/mol. The van der Waals surface area contributed by atoms with Gasteiger partial charge in [0.25, 0.3) is 5.91 Å². The number of ether oxygens (including phenoxy) is 3. The first-order valence-corrected chi connectivity index (χ1v) is 7.46. The monoisotopic (exact) mass is 346 g/mol. The average Bonchev–Trinajstić information content (AvgIpc) is 2.61. The van der Waals surface area contributed by atoms with Crippen LogP contribution < -0.4 is 24.8 Å². The van der Waals surface area contributed by atoms with Crippen LogP contribution in [-0.2, 0) is 0 Å². The van der Waals surface area contributed by atoms with Gasteiger partial charge in [0.2, 0.25) is 0 Å². The maximum Gasteiger partial charge on any atom is 0.257 e. The van der Waals surface area contributed by atoms with Gasteiger partial charge in [-0.25, -0.2) is 0 Å². The molecule has 126 valence electrons. The van der Waals surface area contributed by atoms with Gasteiger partial charge in [0, 0.05) is 11.6 Å². The zero-order chi connectivity index (χ0) is 17.5. The van der Waals surface area contributed by atoms with Crippen molar-refractivity contribution in [3.05, 3.63) is 48.0 Å². The van der Waals surface area contributed by atoms with Crippen molar-refractivity contribution >= 4 is 28.9 Å². The normalized spacial score (nSPS) is 9.79. The van der Waals surface area contributed by atoms with Crippen LogP contribution in [0.5, 0.6) is 17.2 Å². The number of hydrogen-bond acceptors (Lipinski definition) is 5. The number of thiocarbonyl (C=S) groups is 1. The zero-order valence-electron chi connectivity index (χ0n) is 13.6. The largest absolute Gasteiger partial charge is 0.497 e. The summed E-state index contributed by atoms with van der Waals surface area (Å²) in [5, 5.41) is 5.71. The van der Waals surface area contributed by atoms with Crippen LogP contribution in [0, 0.1) is 0 Å². The third-order valence-electron chi connectivity index (χ3n) is 3.24. The number of amides is 1. The number of benzene rings is 2. The Balaban J connectivity index is 2.03. The maximum atomic E-state index is 12.2. The molecule has 0 atom stereocenters. The summed E-state index contributed by atoms with van der Waals surface area (Å²) in [6, 6.07) is 12.0. The summed E-state index contributed by atoms with van der Waals surface area (Å²) in [5.41, 5.74) is 1.10. The Morgan fingerprint density at radius 2 is 1.54 bits per heavy atom. The molecule has 0 aliphatic rings. The molecule has 0 bridgehead atoms. The molecule has 0 heterocycles. The molecule has 24 heavy (non-hydrogen) atoms. The van der Waals surface area contributed by atoms with Crippen LogP contribution in [0.4, 0.5) is 5.69 Å². The van der Waals surface area contributed by atoms with Crippen molar-refractivity contribution in [3.8, 4) is 17.2 Å². The first-order chi connectivity index (χ1) is 11.6. The number of nitrogens with one attached hydrogen (secondary N) is 2. The van der Waals surface area contributed by atoms with Gasteiger partial charge in [0.05, 0.1) is 27.0 Å². The molecule has 0 aliphatic carbocycles. The fourth-order valence-corrected chi connectivity index (χ4v) is 2.18. The second-order valence-electron chi connectivity index (χ2n) is 4.70. The van der Waals surface area contributed by atoms with E-state index >= 15 is 0 Å². The smallest absolute Gasteiger partial charge is 0.257 e. The number of anilines is 1. The van der Waals surface area contributed by atoms with Crippen LogP contribution in [0.1, 0.15) is 10.4 Å². The quantitative estimate of drug-likeness (QED) is 0.812. The van der Waals surface area contributed by atoms with Crippen molar-refractivity contribution in [3.63, 3.8) is 0 Å². The zero-order valence-corrected chi connectivity index (χ0v) is 14.4. The van der Waals surface area contributed by atoms with Gasteiger partial charge in [0.1, 0.15) is 17.2 Å².